The Labute approximate surface area is 123 Å². The lowest BCUT2D eigenvalue weighted by Gasteiger charge is -2.15. The van der Waals surface area contributed by atoms with Gasteiger partial charge in [0, 0.05) is 16.6 Å². The lowest BCUT2D eigenvalue weighted by atomic mass is 10.1. The van der Waals surface area contributed by atoms with E-state index in [9.17, 15) is 14.5 Å². The third-order valence-electron chi connectivity index (χ3n) is 2.75. The molecule has 20 heavy (non-hydrogen) atoms. The van der Waals surface area contributed by atoms with E-state index in [4.69, 9.17) is 4.74 Å². The molecule has 0 saturated carbocycles. The van der Waals surface area contributed by atoms with Crippen LogP contribution in [0.2, 0.25) is 0 Å². The normalized spacial score (nSPS) is 11.9. The number of halogens is 2. The number of nitrogens with zero attached hydrogens (tertiary/aromatic N) is 1. The van der Waals surface area contributed by atoms with Crippen molar-refractivity contribution in [2.24, 2.45) is 0 Å². The molecule has 0 bridgehead atoms. The highest BCUT2D eigenvalue weighted by Gasteiger charge is 2.14. The lowest BCUT2D eigenvalue weighted by Crippen LogP contribution is -2.05. The van der Waals surface area contributed by atoms with Crippen LogP contribution in [0.4, 0.5) is 10.1 Å². The summed E-state index contributed by atoms with van der Waals surface area (Å²) in [5, 5.41) is 10.7. The molecule has 0 amide bonds. The first-order valence-electron chi connectivity index (χ1n) is 5.83. The van der Waals surface area contributed by atoms with Gasteiger partial charge in [0.2, 0.25) is 0 Å². The Balaban J connectivity index is 2.21. The van der Waals surface area contributed by atoms with Crippen LogP contribution in [0.3, 0.4) is 0 Å². The van der Waals surface area contributed by atoms with E-state index in [1.54, 1.807) is 25.1 Å². The van der Waals surface area contributed by atoms with Crippen LogP contribution >= 0.6 is 15.9 Å². The molecule has 0 unspecified atom stereocenters. The molecule has 4 nitrogen and oxygen atoms in total. The van der Waals surface area contributed by atoms with E-state index in [-0.39, 0.29) is 11.4 Å². The minimum absolute atomic E-state index is 0.0192. The summed E-state index contributed by atoms with van der Waals surface area (Å²) in [7, 11) is 0. The fourth-order valence-corrected chi connectivity index (χ4v) is 2.05. The van der Waals surface area contributed by atoms with Crippen LogP contribution in [0.5, 0.6) is 5.75 Å². The maximum Gasteiger partial charge on any atom is 0.269 e. The predicted molar refractivity (Wildman–Crippen MR) is 76.2 cm³/mol. The van der Waals surface area contributed by atoms with Gasteiger partial charge in [-0.15, -0.1) is 0 Å². The van der Waals surface area contributed by atoms with Crippen molar-refractivity contribution < 1.29 is 14.1 Å². The molecule has 0 radical (unpaired) electrons. The third kappa shape index (κ3) is 3.33. The maximum atomic E-state index is 13.7. The molecule has 0 aliphatic heterocycles. The molecular weight excluding hydrogens is 329 g/mol. The Morgan fingerprint density at radius 3 is 2.70 bits per heavy atom. The van der Waals surface area contributed by atoms with Crippen molar-refractivity contribution in [3.63, 3.8) is 0 Å². The van der Waals surface area contributed by atoms with E-state index < -0.39 is 16.8 Å². The number of benzene rings is 2. The standard InChI is InChI=1S/C14H11BrFNO3/c1-9(10-3-2-4-12(7-10)17(18)19)20-14-6-5-11(15)8-13(14)16/h2-9H,1H3/t9-/m1/s1. The number of rotatable bonds is 4. The Bertz CT molecular complexity index is 648. The van der Waals surface area contributed by atoms with Gasteiger partial charge in [-0.25, -0.2) is 4.39 Å². The van der Waals surface area contributed by atoms with Gasteiger partial charge in [-0.1, -0.05) is 28.1 Å². The smallest absolute Gasteiger partial charge is 0.269 e. The number of ether oxygens (including phenoxy) is 1. The number of nitro benzene ring substituents is 1. The average molecular weight is 340 g/mol. The lowest BCUT2D eigenvalue weighted by molar-refractivity contribution is -0.385. The second-order valence-corrected chi connectivity index (χ2v) is 5.10. The summed E-state index contributed by atoms with van der Waals surface area (Å²) in [6, 6.07) is 10.6. The molecule has 2 aromatic rings. The third-order valence-corrected chi connectivity index (χ3v) is 3.24. The predicted octanol–water partition coefficient (Wildman–Crippen LogP) is 4.64. The first-order chi connectivity index (χ1) is 9.47. The van der Waals surface area contributed by atoms with Gasteiger partial charge in [0.1, 0.15) is 6.10 Å². The SMILES string of the molecule is C[C@@H](Oc1ccc(Br)cc1F)c1cccc([N+](=O)[O-])c1. The van der Waals surface area contributed by atoms with Crippen molar-refractivity contribution in [1.82, 2.24) is 0 Å². The van der Waals surface area contributed by atoms with Crippen LogP contribution in [0.25, 0.3) is 0 Å². The quantitative estimate of drug-likeness (QED) is 0.602. The monoisotopic (exact) mass is 339 g/mol. The summed E-state index contributed by atoms with van der Waals surface area (Å²) in [5.41, 5.74) is 0.593. The van der Waals surface area contributed by atoms with Gasteiger partial charge in [0.15, 0.2) is 11.6 Å². The summed E-state index contributed by atoms with van der Waals surface area (Å²) >= 11 is 3.16. The van der Waals surface area contributed by atoms with E-state index in [0.29, 0.717) is 10.0 Å². The van der Waals surface area contributed by atoms with Crippen LogP contribution in [-0.4, -0.2) is 4.92 Å². The number of nitro groups is 1. The molecule has 104 valence electrons. The zero-order valence-electron chi connectivity index (χ0n) is 10.5. The second kappa shape index (κ2) is 6.00. The van der Waals surface area contributed by atoms with Gasteiger partial charge in [-0.2, -0.15) is 0 Å². The first kappa shape index (κ1) is 14.5. The molecule has 0 aromatic heterocycles. The van der Waals surface area contributed by atoms with Crippen LogP contribution in [0.1, 0.15) is 18.6 Å². The molecule has 0 spiro atoms. The van der Waals surface area contributed by atoms with Gasteiger partial charge < -0.3 is 4.74 Å². The number of non-ortho nitro benzene ring substituents is 1. The van der Waals surface area contributed by atoms with Gasteiger partial charge >= 0.3 is 0 Å². The Morgan fingerprint density at radius 1 is 1.30 bits per heavy atom. The van der Waals surface area contributed by atoms with Crippen LogP contribution in [-0.2, 0) is 0 Å². The molecule has 0 aliphatic carbocycles. The van der Waals surface area contributed by atoms with Crippen molar-refractivity contribution in [2.45, 2.75) is 13.0 Å². The van der Waals surface area contributed by atoms with Crippen molar-refractivity contribution in [2.75, 3.05) is 0 Å². The molecule has 0 aliphatic rings. The molecule has 0 saturated heterocycles. The molecule has 1 atom stereocenters. The second-order valence-electron chi connectivity index (χ2n) is 4.19. The largest absolute Gasteiger partial charge is 0.483 e. The summed E-state index contributed by atoms with van der Waals surface area (Å²) in [4.78, 5) is 10.2. The molecule has 0 heterocycles. The fourth-order valence-electron chi connectivity index (χ4n) is 1.72. The maximum absolute atomic E-state index is 13.7. The summed E-state index contributed by atoms with van der Waals surface area (Å²) in [6.07, 6.45) is -0.495. The first-order valence-corrected chi connectivity index (χ1v) is 6.62. The van der Waals surface area contributed by atoms with Gasteiger partial charge in [0.05, 0.1) is 4.92 Å². The summed E-state index contributed by atoms with van der Waals surface area (Å²) in [6.45, 7) is 1.71. The molecule has 2 aromatic carbocycles. The van der Waals surface area contributed by atoms with Gasteiger partial charge in [-0.05, 0) is 30.7 Å². The van der Waals surface area contributed by atoms with Crippen molar-refractivity contribution in [3.05, 3.63) is 68.4 Å². The van der Waals surface area contributed by atoms with Crippen molar-refractivity contribution in [3.8, 4) is 5.75 Å². The topological polar surface area (TPSA) is 52.4 Å². The van der Waals surface area contributed by atoms with Crippen molar-refractivity contribution in [1.29, 1.82) is 0 Å². The Morgan fingerprint density at radius 2 is 2.05 bits per heavy atom. The van der Waals surface area contributed by atoms with Gasteiger partial charge in [-0.3, -0.25) is 10.1 Å². The van der Waals surface area contributed by atoms with Crippen molar-refractivity contribution >= 4 is 21.6 Å². The van der Waals surface area contributed by atoms with Crippen LogP contribution < -0.4 is 4.74 Å². The highest BCUT2D eigenvalue weighted by Crippen LogP contribution is 2.28. The minimum atomic E-state index is -0.495. The van der Waals surface area contributed by atoms with Crippen LogP contribution in [0.15, 0.2) is 46.9 Å². The highest BCUT2D eigenvalue weighted by molar-refractivity contribution is 9.10. The fraction of sp³-hybridized carbons (Fsp3) is 0.143. The van der Waals surface area contributed by atoms with E-state index in [1.165, 1.54) is 24.3 Å². The average Bonchev–Trinajstić information content (AvgIpc) is 2.42. The molecule has 0 fully saturated rings. The van der Waals surface area contributed by atoms with E-state index in [2.05, 4.69) is 15.9 Å². The molecular formula is C14H11BrFNO3. The highest BCUT2D eigenvalue weighted by atomic mass is 79.9. The molecule has 6 heteroatoms. The number of hydrogen-bond donors (Lipinski definition) is 0. The summed E-state index contributed by atoms with van der Waals surface area (Å²) < 4.78 is 19.8. The van der Waals surface area contributed by atoms with Crippen LogP contribution in [0, 0.1) is 15.9 Å². The molecule has 2 rings (SSSR count). The van der Waals surface area contributed by atoms with E-state index in [0.717, 1.165) is 0 Å². The molecule has 0 N–H and O–H groups in total. The summed E-state index contributed by atoms with van der Waals surface area (Å²) in [5.74, 6) is -0.385. The minimum Gasteiger partial charge on any atom is -0.483 e. The van der Waals surface area contributed by atoms with Gasteiger partial charge in [0.25, 0.3) is 5.69 Å². The zero-order chi connectivity index (χ0) is 14.7. The van der Waals surface area contributed by atoms with E-state index in [1.807, 2.05) is 0 Å². The number of hydrogen-bond acceptors (Lipinski definition) is 3. The van der Waals surface area contributed by atoms with E-state index >= 15 is 0 Å². The zero-order valence-corrected chi connectivity index (χ0v) is 12.1. The Kier molecular flexibility index (Phi) is 4.34. The Hall–Kier alpha value is -1.95.